The first-order chi connectivity index (χ1) is 16.5. The molecule has 1 aliphatic heterocycles. The maximum Gasteiger partial charge on any atom is 0.226 e. The van der Waals surface area contributed by atoms with Crippen LogP contribution in [-0.2, 0) is 17.6 Å². The number of aryl methyl sites for hydroxylation is 2. The number of likely N-dealkylation sites (tertiary alicyclic amines) is 1. The highest BCUT2D eigenvalue weighted by atomic mass is 16.5. The number of nitrogens with zero attached hydrogens (tertiary/aromatic N) is 1. The summed E-state index contributed by atoms with van der Waals surface area (Å²) in [6.07, 6.45) is 4.65. The van der Waals surface area contributed by atoms with Crippen LogP contribution in [0.25, 0.3) is 0 Å². The van der Waals surface area contributed by atoms with Gasteiger partial charge in [0, 0.05) is 12.5 Å². The number of aliphatic hydroxyl groups is 2. The molecule has 2 aromatic rings. The molecule has 186 valence electrons. The third-order valence-corrected chi connectivity index (χ3v) is 6.48. The molecule has 1 amide bonds. The summed E-state index contributed by atoms with van der Waals surface area (Å²) in [5.41, 5.74) is 7.93. The number of nitrogens with two attached hydrogens (primary N) is 1. The van der Waals surface area contributed by atoms with Crippen molar-refractivity contribution in [3.05, 3.63) is 59.7 Å². The lowest BCUT2D eigenvalue weighted by Gasteiger charge is -2.25. The average molecular weight is 471 g/mol. The maximum atomic E-state index is 13.1. The van der Waals surface area contributed by atoms with Gasteiger partial charge in [-0.05, 0) is 86.9 Å². The van der Waals surface area contributed by atoms with E-state index in [1.54, 1.807) is 12.1 Å². The number of aliphatic hydroxyl groups excluding tert-OH is 2. The van der Waals surface area contributed by atoms with E-state index >= 15 is 0 Å². The molecule has 1 unspecified atom stereocenters. The van der Waals surface area contributed by atoms with Gasteiger partial charge in [-0.25, -0.2) is 0 Å². The minimum absolute atomic E-state index is 0.0158. The van der Waals surface area contributed by atoms with Crippen LogP contribution in [0.4, 0.5) is 0 Å². The van der Waals surface area contributed by atoms with E-state index in [4.69, 9.17) is 10.5 Å². The number of hydrogen-bond acceptors (Lipinski definition) is 6. The third-order valence-electron chi connectivity index (χ3n) is 6.48. The first-order valence-electron chi connectivity index (χ1n) is 12.3. The average Bonchev–Trinajstić information content (AvgIpc) is 3.14. The summed E-state index contributed by atoms with van der Waals surface area (Å²) >= 11 is 0. The summed E-state index contributed by atoms with van der Waals surface area (Å²) in [5.74, 6) is 0.721. The zero-order chi connectivity index (χ0) is 24.3. The van der Waals surface area contributed by atoms with E-state index in [1.165, 1.54) is 5.56 Å². The summed E-state index contributed by atoms with van der Waals surface area (Å²) in [5, 5.41) is 28.6. The van der Waals surface area contributed by atoms with Gasteiger partial charge in [0.2, 0.25) is 5.91 Å². The van der Waals surface area contributed by atoms with E-state index in [2.05, 4.69) is 12.1 Å². The van der Waals surface area contributed by atoms with Gasteiger partial charge in [-0.1, -0.05) is 24.3 Å². The molecule has 3 atom stereocenters. The Kier molecular flexibility index (Phi) is 10.2. The van der Waals surface area contributed by atoms with Gasteiger partial charge in [0.15, 0.2) is 0 Å². The Balaban J connectivity index is 1.57. The normalized spacial score (nSPS) is 18.9. The fourth-order valence-electron chi connectivity index (χ4n) is 4.56. The second-order valence-corrected chi connectivity index (χ2v) is 9.16. The Labute approximate surface area is 202 Å². The fraction of sp³-hybridized carbons (Fsp3) is 0.519. The Hall–Kier alpha value is -2.61. The highest BCUT2D eigenvalue weighted by Gasteiger charge is 2.40. The summed E-state index contributed by atoms with van der Waals surface area (Å²) in [7, 11) is 0. The molecule has 1 fully saturated rings. The molecular weight excluding hydrogens is 432 g/mol. The molecule has 5 N–H and O–H groups in total. The van der Waals surface area contributed by atoms with Gasteiger partial charge < -0.3 is 30.7 Å². The molecule has 2 aromatic carbocycles. The number of benzene rings is 2. The molecule has 0 aliphatic carbocycles. The number of amides is 1. The van der Waals surface area contributed by atoms with Crippen LogP contribution in [0, 0.1) is 5.92 Å². The summed E-state index contributed by atoms with van der Waals surface area (Å²) < 4.78 is 6.05. The highest BCUT2D eigenvalue weighted by Crippen LogP contribution is 2.29. The third kappa shape index (κ3) is 7.72. The number of carbonyl (C=O) groups excluding carboxylic acids is 1. The van der Waals surface area contributed by atoms with E-state index in [1.807, 2.05) is 29.2 Å². The minimum atomic E-state index is -0.890. The van der Waals surface area contributed by atoms with Crippen molar-refractivity contribution >= 4 is 5.91 Å². The topological polar surface area (TPSA) is 116 Å². The number of rotatable bonds is 14. The number of aromatic hydroxyl groups is 1. The molecule has 0 aromatic heterocycles. The van der Waals surface area contributed by atoms with Crippen molar-refractivity contribution in [2.24, 2.45) is 11.7 Å². The minimum Gasteiger partial charge on any atom is -0.508 e. The van der Waals surface area contributed by atoms with Crippen LogP contribution in [0.1, 0.15) is 43.2 Å². The lowest BCUT2D eigenvalue weighted by Crippen LogP contribution is -2.38. The van der Waals surface area contributed by atoms with Gasteiger partial charge in [0.1, 0.15) is 18.1 Å². The van der Waals surface area contributed by atoms with E-state index in [0.29, 0.717) is 26.1 Å². The van der Waals surface area contributed by atoms with Crippen LogP contribution in [0.3, 0.4) is 0 Å². The van der Waals surface area contributed by atoms with E-state index in [0.717, 1.165) is 43.4 Å². The van der Waals surface area contributed by atoms with Crippen LogP contribution in [0.15, 0.2) is 48.5 Å². The summed E-state index contributed by atoms with van der Waals surface area (Å²) in [6, 6.07) is 15.1. The number of ether oxygens (including phenoxy) is 1. The van der Waals surface area contributed by atoms with Gasteiger partial charge in [-0.3, -0.25) is 4.79 Å². The number of unbranched alkanes of at least 4 members (excludes halogenated alkanes) is 1. The zero-order valence-electron chi connectivity index (χ0n) is 19.8. The Bertz CT molecular complexity index is 872. The Morgan fingerprint density at radius 3 is 2.29 bits per heavy atom. The van der Waals surface area contributed by atoms with Gasteiger partial charge in [0.05, 0.1) is 18.8 Å². The second-order valence-electron chi connectivity index (χ2n) is 9.16. The number of phenolic OH excluding ortho intramolecular Hbond substituents is 1. The van der Waals surface area contributed by atoms with Crippen LogP contribution in [0.2, 0.25) is 0 Å². The molecule has 3 rings (SSSR count). The van der Waals surface area contributed by atoms with Crippen LogP contribution < -0.4 is 10.5 Å². The SMILES string of the molecule is NCCCCc1ccc(OC[C@@H]2C[C@@H](CC(O)CO)C(=O)N2CCCc2ccc(O)cc2)cc1. The van der Waals surface area contributed by atoms with Crippen LogP contribution >= 0.6 is 0 Å². The molecule has 1 saturated heterocycles. The van der Waals surface area contributed by atoms with Crippen molar-refractivity contribution in [3.63, 3.8) is 0 Å². The standard InChI is InChI=1S/C27H38N2O5/c28-14-2-1-4-20-8-12-26(13-9-20)34-19-23-16-22(17-25(32)18-30)27(33)29(23)15-3-5-21-6-10-24(31)11-7-21/h6-13,22-23,25,30-32H,1-5,14-19,28H2/t22-,23-,25?/m0/s1. The van der Waals surface area contributed by atoms with Gasteiger partial charge in [-0.2, -0.15) is 0 Å². The van der Waals surface area contributed by atoms with Crippen molar-refractivity contribution in [1.82, 2.24) is 4.90 Å². The molecule has 7 heteroatoms. The van der Waals surface area contributed by atoms with E-state index < -0.39 is 6.10 Å². The largest absolute Gasteiger partial charge is 0.508 e. The quantitative estimate of drug-likeness (QED) is 0.316. The van der Waals surface area contributed by atoms with Crippen molar-refractivity contribution in [1.29, 1.82) is 0 Å². The first-order valence-corrected chi connectivity index (χ1v) is 12.3. The lowest BCUT2D eigenvalue weighted by atomic mass is 9.98. The molecule has 0 spiro atoms. The highest BCUT2D eigenvalue weighted by molar-refractivity contribution is 5.81. The monoisotopic (exact) mass is 470 g/mol. The second kappa shape index (κ2) is 13.3. The summed E-state index contributed by atoms with van der Waals surface area (Å²) in [6.45, 7) is 1.36. The van der Waals surface area contributed by atoms with E-state index in [-0.39, 0.29) is 36.6 Å². The molecule has 0 saturated carbocycles. The molecular formula is C27H38N2O5. The van der Waals surface area contributed by atoms with Crippen molar-refractivity contribution in [3.8, 4) is 11.5 Å². The first kappa shape index (κ1) is 26.0. The molecule has 34 heavy (non-hydrogen) atoms. The smallest absolute Gasteiger partial charge is 0.226 e. The predicted molar refractivity (Wildman–Crippen MR) is 132 cm³/mol. The Morgan fingerprint density at radius 2 is 1.65 bits per heavy atom. The summed E-state index contributed by atoms with van der Waals surface area (Å²) in [4.78, 5) is 14.9. The number of phenols is 1. The van der Waals surface area contributed by atoms with Crippen molar-refractivity contribution < 1.29 is 24.9 Å². The molecule has 0 bridgehead atoms. The number of carbonyl (C=O) groups is 1. The van der Waals surface area contributed by atoms with Crippen molar-refractivity contribution in [2.45, 2.75) is 57.1 Å². The predicted octanol–water partition coefficient (Wildman–Crippen LogP) is 2.65. The maximum absolute atomic E-state index is 13.1. The zero-order valence-corrected chi connectivity index (χ0v) is 19.8. The van der Waals surface area contributed by atoms with Crippen molar-refractivity contribution in [2.75, 3.05) is 26.3 Å². The Morgan fingerprint density at radius 1 is 1.00 bits per heavy atom. The van der Waals surface area contributed by atoms with E-state index in [9.17, 15) is 20.1 Å². The van der Waals surface area contributed by atoms with Crippen LogP contribution in [0.5, 0.6) is 11.5 Å². The lowest BCUT2D eigenvalue weighted by molar-refractivity contribution is -0.133. The fourth-order valence-corrected chi connectivity index (χ4v) is 4.56. The molecule has 0 radical (unpaired) electrons. The van der Waals surface area contributed by atoms with Crippen LogP contribution in [-0.4, -0.2) is 64.6 Å². The van der Waals surface area contributed by atoms with Gasteiger partial charge >= 0.3 is 0 Å². The van der Waals surface area contributed by atoms with Gasteiger partial charge in [-0.15, -0.1) is 0 Å². The molecule has 1 heterocycles. The molecule has 1 aliphatic rings. The van der Waals surface area contributed by atoms with Gasteiger partial charge in [0.25, 0.3) is 0 Å². The molecule has 7 nitrogen and oxygen atoms in total. The number of hydrogen-bond donors (Lipinski definition) is 4.